The van der Waals surface area contributed by atoms with Crippen molar-refractivity contribution >= 4 is 37.8 Å². The maximum atomic E-state index is 13.7. The van der Waals surface area contributed by atoms with E-state index in [0.29, 0.717) is 81.4 Å². The van der Waals surface area contributed by atoms with Gasteiger partial charge < -0.3 is 68.6 Å². The summed E-state index contributed by atoms with van der Waals surface area (Å²) in [6.07, 6.45) is -2.56. The molecule has 5 heterocycles. The Hall–Kier alpha value is -10.2. The highest BCUT2D eigenvalue weighted by atomic mass is 28.4. The highest BCUT2D eigenvalue weighted by molar-refractivity contribution is 6.74. The molecule has 0 bridgehead atoms. The number of likely N-dealkylation sites (tertiary alicyclic amines) is 3. The van der Waals surface area contributed by atoms with Crippen LogP contribution in [0.25, 0.3) is 45.7 Å². The third kappa shape index (κ3) is 18.1. The van der Waals surface area contributed by atoms with Crippen molar-refractivity contribution < 1.29 is 93.7 Å². The fourth-order valence-corrected chi connectivity index (χ4v) is 17.1. The molecule has 3 saturated heterocycles. The van der Waals surface area contributed by atoms with Crippen LogP contribution >= 0.6 is 0 Å². The van der Waals surface area contributed by atoms with Crippen molar-refractivity contribution in [2.75, 3.05) is 59.1 Å². The van der Waals surface area contributed by atoms with E-state index in [1.165, 1.54) is 42.0 Å². The number of alkyl halides is 6. The van der Waals surface area contributed by atoms with Gasteiger partial charge in [0.05, 0.1) is 60.4 Å². The number of carboxylic acid groups (broad SMARTS) is 1. The number of rotatable bonds is 23. The average Bonchev–Trinajstić information content (AvgIpc) is 1.60. The fourth-order valence-electron chi connectivity index (χ4n) is 16.1. The molecule has 14 rings (SSSR count). The van der Waals surface area contributed by atoms with E-state index in [0.717, 1.165) is 95.6 Å². The lowest BCUT2D eigenvalue weighted by atomic mass is 9.80. The predicted molar refractivity (Wildman–Crippen MR) is 416 cm³/mol. The summed E-state index contributed by atoms with van der Waals surface area (Å²) in [5, 5.41) is 48.0. The maximum Gasteiger partial charge on any atom is 0.335 e. The molecule has 0 radical (unpaired) electrons. The van der Waals surface area contributed by atoms with Crippen LogP contribution in [0.5, 0.6) is 17.2 Å². The molecule has 8 aromatic rings. The van der Waals surface area contributed by atoms with E-state index in [-0.39, 0.29) is 122 Å². The predicted octanol–water partition coefficient (Wildman–Crippen LogP) is 15.4. The van der Waals surface area contributed by atoms with E-state index in [2.05, 4.69) is 65.4 Å². The molecule has 6 N–H and O–H groups in total. The van der Waals surface area contributed by atoms with Gasteiger partial charge in [-0.25, -0.2) is 31.1 Å². The number of amidine groups is 1. The summed E-state index contributed by atoms with van der Waals surface area (Å²) >= 11 is 0. The van der Waals surface area contributed by atoms with Crippen LogP contribution in [0.4, 0.5) is 26.3 Å². The monoisotopic (exact) mass is 1600 g/mol. The number of aliphatic hydroxyl groups is 2. The van der Waals surface area contributed by atoms with Crippen LogP contribution in [0.15, 0.2) is 123 Å². The standard InChI is InChI=1S/2C26H27F2N3O4.C21H33N3O3Si.C11H12F2O3/c2*1-15(2)34-21-7-6-16(12-19(21)23(27)28)25-29-24(30-35-25)18-4-3-5-20-17(18)8-9-26(20)13-22(33)31(14-26)10-11-32;1-20(2,3)28(4,5)27-12-11-24-14-21(13-18(24)25)10-9-15-16(19(22)23-26)7-6-8-17(15)21;1-6(2)16-9-4-3-7(11(14)15)5-8(9)10(12)13/h2*3-7,12,15,23,32H,8-11,13-14H2,1-2H3;6-8,26H,9-14H2,1-5H3,(H2,22,23);3-6,10H,1-2H3,(H,14,15). The topological polar surface area (TPSA) is 312 Å². The molecule has 23 nitrogen and oxygen atoms in total. The maximum absolute atomic E-state index is 13.7. The number of nitrogens with two attached hydrogens (primary N) is 1. The average molecular weight is 1600 g/mol. The van der Waals surface area contributed by atoms with Gasteiger partial charge in [-0.2, -0.15) is 9.97 Å². The molecular weight excluding hydrogens is 1500 g/mol. The SMILES string of the molecule is CC(C)(C)[Si](C)(C)OCCN1CC2(CCc3c(C(N)=NO)cccc32)CC1=O.CC(C)Oc1ccc(-c2nc(-c3cccc4c3CCC43CC(=O)N(CCO)C3)no2)cc1C(F)F.CC(C)Oc1ccc(-c2nc(-c3cccc4c3CCC43CC(=O)N(CCO)C3)no2)cc1C(F)F.CC(C)Oc1ccc(C(=O)O)cc1C(F)F. The second kappa shape index (κ2) is 34.9. The van der Waals surface area contributed by atoms with Crippen molar-refractivity contribution in [2.24, 2.45) is 10.9 Å². The zero-order valence-electron chi connectivity index (χ0n) is 65.9. The minimum atomic E-state index is -2.76. The van der Waals surface area contributed by atoms with E-state index in [9.17, 15) is 55.7 Å². The lowest BCUT2D eigenvalue weighted by Gasteiger charge is -2.36. The molecule has 3 atom stereocenters. The number of halogens is 6. The number of hydrogen-bond donors (Lipinski definition) is 5. The summed E-state index contributed by atoms with van der Waals surface area (Å²) in [7, 11) is -1.81. The minimum absolute atomic E-state index is 0.0231. The number of β-amino-alcohol motifs (C(OH)–C–C–N with tert-alkyl or cyclic N) is 2. The summed E-state index contributed by atoms with van der Waals surface area (Å²) in [4.78, 5) is 62.9. The first kappa shape index (κ1) is 84.7. The van der Waals surface area contributed by atoms with Crippen LogP contribution in [0.2, 0.25) is 18.1 Å². The second-order valence-corrected chi connectivity index (χ2v) is 37.0. The first-order valence-electron chi connectivity index (χ1n) is 38.3. The number of aromatic nitrogens is 4. The number of nitrogens with zero attached hydrogens (tertiary/aromatic N) is 8. The number of amides is 3. The Morgan fingerprint density at radius 2 is 0.939 bits per heavy atom. The van der Waals surface area contributed by atoms with E-state index < -0.39 is 39.1 Å². The molecule has 610 valence electrons. The number of hydrogen-bond acceptors (Lipinski definition) is 18. The van der Waals surface area contributed by atoms with Crippen molar-refractivity contribution in [3.8, 4) is 62.9 Å². The molecule has 3 amide bonds. The van der Waals surface area contributed by atoms with Gasteiger partial charge in [-0.1, -0.05) is 90.8 Å². The highest BCUT2D eigenvalue weighted by Gasteiger charge is 2.52. The zero-order chi connectivity index (χ0) is 82.5. The van der Waals surface area contributed by atoms with Gasteiger partial charge in [-0.3, -0.25) is 14.4 Å². The van der Waals surface area contributed by atoms with Gasteiger partial charge in [0.25, 0.3) is 31.1 Å². The van der Waals surface area contributed by atoms with Crippen LogP contribution in [-0.2, 0) is 54.3 Å². The largest absolute Gasteiger partial charge is 0.491 e. The lowest BCUT2D eigenvalue weighted by Crippen LogP contribution is -2.43. The number of aromatic carboxylic acids is 1. The summed E-state index contributed by atoms with van der Waals surface area (Å²) in [6.45, 7) is 25.4. The van der Waals surface area contributed by atoms with Gasteiger partial charge in [0, 0.05) is 103 Å². The smallest absolute Gasteiger partial charge is 0.335 e. The first-order chi connectivity index (χ1) is 54.0. The van der Waals surface area contributed by atoms with Gasteiger partial charge in [0.1, 0.15) is 17.2 Å². The molecule has 6 aromatic carbocycles. The number of aliphatic hydroxyl groups excluding tert-OH is 2. The summed E-state index contributed by atoms with van der Waals surface area (Å²) in [5.74, 6) is 0.543. The van der Waals surface area contributed by atoms with Crippen molar-refractivity contribution in [1.29, 1.82) is 0 Å². The van der Waals surface area contributed by atoms with Gasteiger partial charge in [-0.05, 0) is 186 Å². The summed E-state index contributed by atoms with van der Waals surface area (Å²) < 4.78 is 113. The molecule has 2 aromatic heterocycles. The zero-order valence-corrected chi connectivity index (χ0v) is 66.9. The van der Waals surface area contributed by atoms with E-state index in [1.807, 2.05) is 53.4 Å². The van der Waals surface area contributed by atoms with Gasteiger partial charge in [0.15, 0.2) is 14.2 Å². The summed E-state index contributed by atoms with van der Waals surface area (Å²) in [5.41, 5.74) is 14.0. The number of oxime groups is 1. The van der Waals surface area contributed by atoms with Crippen LogP contribution < -0.4 is 19.9 Å². The molecule has 3 aliphatic carbocycles. The number of carboxylic acids is 1. The number of ether oxygens (including phenoxy) is 3. The molecule has 3 aliphatic heterocycles. The normalized spacial score (nSPS) is 19.1. The third-order valence-electron chi connectivity index (χ3n) is 22.5. The van der Waals surface area contributed by atoms with Crippen molar-refractivity contribution in [2.45, 2.75) is 192 Å². The van der Waals surface area contributed by atoms with E-state index in [1.54, 1.807) is 63.5 Å². The lowest BCUT2D eigenvalue weighted by molar-refractivity contribution is -0.128. The Balaban J connectivity index is 0.000000155. The highest BCUT2D eigenvalue weighted by Crippen LogP contribution is 2.52. The van der Waals surface area contributed by atoms with Crippen LogP contribution in [0, 0.1) is 0 Å². The number of carbonyl (C=O) groups excluding carboxylic acids is 3. The number of benzene rings is 6. The van der Waals surface area contributed by atoms with Crippen molar-refractivity contribution in [3.05, 3.63) is 170 Å². The Bertz CT molecular complexity index is 4660. The fraction of sp³-hybridized carbons (Fsp3) is 0.464. The van der Waals surface area contributed by atoms with Gasteiger partial charge in [0.2, 0.25) is 29.4 Å². The Labute approximate surface area is 658 Å². The van der Waals surface area contributed by atoms with Crippen molar-refractivity contribution in [1.82, 2.24) is 35.0 Å². The Morgan fingerprint density at radius 3 is 1.32 bits per heavy atom. The quantitative estimate of drug-likeness (QED) is 0.00992. The summed E-state index contributed by atoms with van der Waals surface area (Å²) in [6, 6.07) is 30.0. The van der Waals surface area contributed by atoms with Crippen LogP contribution in [0.3, 0.4) is 0 Å². The molecule has 114 heavy (non-hydrogen) atoms. The van der Waals surface area contributed by atoms with Gasteiger partial charge >= 0.3 is 5.97 Å². The molecule has 30 heteroatoms. The molecule has 6 aliphatic rings. The van der Waals surface area contributed by atoms with Gasteiger partial charge in [-0.15, -0.1) is 0 Å². The second-order valence-electron chi connectivity index (χ2n) is 32.2. The van der Waals surface area contributed by atoms with Crippen LogP contribution in [-0.4, -0.2) is 171 Å². The van der Waals surface area contributed by atoms with E-state index >= 15 is 0 Å². The Morgan fingerprint density at radius 1 is 0.561 bits per heavy atom. The van der Waals surface area contributed by atoms with E-state index in [4.69, 9.17) is 43.7 Å². The molecule has 0 saturated carbocycles. The molecule has 3 spiro atoms. The van der Waals surface area contributed by atoms with Crippen LogP contribution in [0.1, 0.15) is 186 Å². The number of carbonyl (C=O) groups is 4. The number of fused-ring (bicyclic) bond motifs is 6. The minimum Gasteiger partial charge on any atom is -0.491 e. The Kier molecular flexibility index (Phi) is 25.9. The first-order valence-corrected chi connectivity index (χ1v) is 41.2. The third-order valence-corrected chi connectivity index (χ3v) is 27.0. The molecule has 3 fully saturated rings. The molecule has 3 unspecified atom stereocenters. The molecular formula is C84H99F6N9O14Si. The van der Waals surface area contributed by atoms with Crippen molar-refractivity contribution in [3.63, 3.8) is 0 Å².